The number of likely N-dealkylation sites (N-methyl/N-ethyl adjacent to an activating group) is 1. The second kappa shape index (κ2) is 8.78. The Bertz CT molecular complexity index is 224. The molecule has 4 nitrogen and oxygen atoms in total. The summed E-state index contributed by atoms with van der Waals surface area (Å²) in [4.78, 5) is 13.9. The second-order valence-electron chi connectivity index (χ2n) is 4.79. The van der Waals surface area contributed by atoms with Gasteiger partial charge in [0.15, 0.2) is 0 Å². The van der Waals surface area contributed by atoms with Gasteiger partial charge in [0.2, 0.25) is 5.91 Å². The van der Waals surface area contributed by atoms with Gasteiger partial charge in [0.1, 0.15) is 0 Å². The van der Waals surface area contributed by atoms with Gasteiger partial charge in [0.25, 0.3) is 0 Å². The highest BCUT2D eigenvalue weighted by Gasteiger charge is 2.21. The van der Waals surface area contributed by atoms with Crippen molar-refractivity contribution >= 4 is 17.7 Å². The van der Waals surface area contributed by atoms with Gasteiger partial charge in [-0.25, -0.2) is 0 Å². The monoisotopic (exact) mass is 261 g/mol. The Kier molecular flexibility index (Phi) is 8.64. The van der Waals surface area contributed by atoms with Crippen molar-refractivity contribution in [1.82, 2.24) is 10.2 Å². The molecule has 1 amide bonds. The van der Waals surface area contributed by atoms with Crippen molar-refractivity contribution in [3.05, 3.63) is 0 Å². The van der Waals surface area contributed by atoms with Crippen LogP contribution in [0.15, 0.2) is 0 Å². The molecular weight excluding hydrogens is 234 g/mol. The lowest BCUT2D eigenvalue weighted by Crippen LogP contribution is -2.47. The summed E-state index contributed by atoms with van der Waals surface area (Å²) in [5.74, 6) is 1.14. The predicted octanol–water partition coefficient (Wildman–Crippen LogP) is 0.912. The molecule has 0 spiro atoms. The van der Waals surface area contributed by atoms with E-state index in [4.69, 9.17) is 5.73 Å². The van der Waals surface area contributed by atoms with Crippen molar-refractivity contribution in [1.29, 1.82) is 0 Å². The van der Waals surface area contributed by atoms with Crippen LogP contribution < -0.4 is 11.1 Å². The van der Waals surface area contributed by atoms with Gasteiger partial charge in [0.05, 0.1) is 0 Å². The number of hydrogen-bond donors (Lipinski definition) is 2. The van der Waals surface area contributed by atoms with E-state index in [9.17, 15) is 4.79 Å². The Morgan fingerprint density at radius 1 is 1.41 bits per heavy atom. The van der Waals surface area contributed by atoms with E-state index in [1.807, 2.05) is 32.7 Å². The van der Waals surface area contributed by atoms with E-state index in [1.54, 1.807) is 0 Å². The lowest BCUT2D eigenvalue weighted by molar-refractivity contribution is -0.122. The van der Waals surface area contributed by atoms with Gasteiger partial charge in [0, 0.05) is 36.8 Å². The van der Waals surface area contributed by atoms with Crippen LogP contribution in [0.25, 0.3) is 0 Å². The van der Waals surface area contributed by atoms with Crippen molar-refractivity contribution in [2.45, 2.75) is 45.3 Å². The highest BCUT2D eigenvalue weighted by atomic mass is 32.2. The Morgan fingerprint density at radius 2 is 2.00 bits per heavy atom. The fourth-order valence-corrected chi connectivity index (χ4v) is 2.42. The van der Waals surface area contributed by atoms with Crippen molar-refractivity contribution in [2.24, 2.45) is 5.73 Å². The molecule has 0 radical (unpaired) electrons. The van der Waals surface area contributed by atoms with Crippen LogP contribution in [-0.2, 0) is 4.79 Å². The highest BCUT2D eigenvalue weighted by molar-refractivity contribution is 7.98. The number of rotatable bonds is 8. The van der Waals surface area contributed by atoms with E-state index in [0.717, 1.165) is 5.75 Å². The third-order valence-corrected chi connectivity index (χ3v) is 3.64. The molecule has 17 heavy (non-hydrogen) atoms. The standard InChI is InChI=1S/C12H27N3OS/c1-9(2)14-12(16)6-11(7-13)15(4)10(3)8-17-5/h9-11H,6-8,13H2,1-5H3,(H,14,16). The van der Waals surface area contributed by atoms with E-state index < -0.39 is 0 Å². The molecule has 0 saturated carbocycles. The van der Waals surface area contributed by atoms with Gasteiger partial charge in [-0.15, -0.1) is 0 Å². The summed E-state index contributed by atoms with van der Waals surface area (Å²) in [5.41, 5.74) is 5.76. The fraction of sp³-hybridized carbons (Fsp3) is 0.917. The molecule has 0 aromatic heterocycles. The molecule has 2 unspecified atom stereocenters. The van der Waals surface area contributed by atoms with Crippen LogP contribution in [0.5, 0.6) is 0 Å². The van der Waals surface area contributed by atoms with Crippen molar-refractivity contribution in [3.63, 3.8) is 0 Å². The maximum Gasteiger partial charge on any atom is 0.221 e. The van der Waals surface area contributed by atoms with E-state index >= 15 is 0 Å². The van der Waals surface area contributed by atoms with Crippen LogP contribution >= 0.6 is 11.8 Å². The van der Waals surface area contributed by atoms with E-state index in [-0.39, 0.29) is 18.0 Å². The molecule has 0 bridgehead atoms. The molecule has 0 rings (SSSR count). The largest absolute Gasteiger partial charge is 0.354 e. The lowest BCUT2D eigenvalue weighted by atomic mass is 10.1. The minimum Gasteiger partial charge on any atom is -0.354 e. The lowest BCUT2D eigenvalue weighted by Gasteiger charge is -2.32. The molecule has 5 heteroatoms. The number of carbonyl (C=O) groups excluding carboxylic acids is 1. The Balaban J connectivity index is 4.26. The third kappa shape index (κ3) is 6.91. The zero-order valence-corrected chi connectivity index (χ0v) is 12.5. The molecule has 0 saturated heterocycles. The first-order chi connectivity index (χ1) is 7.92. The number of thioether (sulfide) groups is 1. The van der Waals surface area contributed by atoms with Crippen LogP contribution in [0.1, 0.15) is 27.2 Å². The normalized spacial score (nSPS) is 15.1. The topological polar surface area (TPSA) is 58.4 Å². The number of carbonyl (C=O) groups is 1. The summed E-state index contributed by atoms with van der Waals surface area (Å²) < 4.78 is 0. The Morgan fingerprint density at radius 3 is 2.41 bits per heavy atom. The number of nitrogens with two attached hydrogens (primary N) is 1. The molecule has 0 aromatic rings. The van der Waals surface area contributed by atoms with Crippen LogP contribution in [-0.4, -0.2) is 54.5 Å². The fourth-order valence-electron chi connectivity index (χ4n) is 1.71. The summed E-state index contributed by atoms with van der Waals surface area (Å²) in [6.45, 7) is 6.62. The van der Waals surface area contributed by atoms with Gasteiger partial charge in [-0.1, -0.05) is 0 Å². The summed E-state index contributed by atoms with van der Waals surface area (Å²) in [6.07, 6.45) is 2.57. The SMILES string of the molecule is CSCC(C)N(C)C(CN)CC(=O)NC(C)C. The van der Waals surface area contributed by atoms with Gasteiger partial charge >= 0.3 is 0 Å². The molecule has 102 valence electrons. The molecule has 0 aliphatic rings. The first-order valence-electron chi connectivity index (χ1n) is 6.12. The van der Waals surface area contributed by atoms with E-state index in [2.05, 4.69) is 23.4 Å². The summed E-state index contributed by atoms with van der Waals surface area (Å²) >= 11 is 1.81. The third-order valence-electron chi connectivity index (χ3n) is 2.82. The zero-order chi connectivity index (χ0) is 13.4. The summed E-state index contributed by atoms with van der Waals surface area (Å²) in [6, 6.07) is 0.746. The minimum absolute atomic E-state index is 0.0821. The molecule has 3 N–H and O–H groups in total. The minimum atomic E-state index is 0.0821. The van der Waals surface area contributed by atoms with Crippen molar-refractivity contribution in [2.75, 3.05) is 25.6 Å². The van der Waals surface area contributed by atoms with E-state index in [0.29, 0.717) is 19.0 Å². The first-order valence-corrected chi connectivity index (χ1v) is 7.52. The maximum absolute atomic E-state index is 11.7. The molecule has 2 atom stereocenters. The number of amides is 1. The molecule has 0 aliphatic carbocycles. The summed E-state index contributed by atoms with van der Waals surface area (Å²) in [7, 11) is 2.04. The maximum atomic E-state index is 11.7. The van der Waals surface area contributed by atoms with Gasteiger partial charge < -0.3 is 11.1 Å². The first kappa shape index (κ1) is 16.7. The predicted molar refractivity (Wildman–Crippen MR) is 76.3 cm³/mol. The Labute approximate surface area is 110 Å². The molecule has 0 fully saturated rings. The smallest absolute Gasteiger partial charge is 0.221 e. The van der Waals surface area contributed by atoms with Crippen molar-refractivity contribution < 1.29 is 4.79 Å². The average Bonchev–Trinajstić information content (AvgIpc) is 2.24. The number of nitrogens with zero attached hydrogens (tertiary/aromatic N) is 1. The quantitative estimate of drug-likeness (QED) is 0.682. The van der Waals surface area contributed by atoms with Crippen molar-refractivity contribution in [3.8, 4) is 0 Å². The van der Waals surface area contributed by atoms with Gasteiger partial charge in [-0.2, -0.15) is 11.8 Å². The van der Waals surface area contributed by atoms with Crippen LogP contribution in [0.4, 0.5) is 0 Å². The second-order valence-corrected chi connectivity index (χ2v) is 5.70. The Hall–Kier alpha value is -0.260. The van der Waals surface area contributed by atoms with Gasteiger partial charge in [-0.05, 0) is 34.1 Å². The summed E-state index contributed by atoms with van der Waals surface area (Å²) in [5, 5.41) is 2.91. The molecule has 0 aromatic carbocycles. The molecule has 0 heterocycles. The van der Waals surface area contributed by atoms with Crippen LogP contribution in [0.3, 0.4) is 0 Å². The number of hydrogen-bond acceptors (Lipinski definition) is 4. The average molecular weight is 261 g/mol. The molecule has 0 aliphatic heterocycles. The molecular formula is C12H27N3OS. The van der Waals surface area contributed by atoms with Crippen LogP contribution in [0.2, 0.25) is 0 Å². The van der Waals surface area contributed by atoms with Crippen LogP contribution in [0, 0.1) is 0 Å². The van der Waals surface area contributed by atoms with Gasteiger partial charge in [-0.3, -0.25) is 9.69 Å². The highest BCUT2D eigenvalue weighted by Crippen LogP contribution is 2.09. The van der Waals surface area contributed by atoms with E-state index in [1.165, 1.54) is 0 Å². The zero-order valence-electron chi connectivity index (χ0n) is 11.7. The number of nitrogens with one attached hydrogen (secondary N) is 1.